The second-order valence-electron chi connectivity index (χ2n) is 8.78. The van der Waals surface area contributed by atoms with Crippen LogP contribution in [0.3, 0.4) is 0 Å². The van der Waals surface area contributed by atoms with Gasteiger partial charge in [-0.3, -0.25) is 0 Å². The molecule has 0 fully saturated rings. The molecule has 4 aromatic rings. The summed E-state index contributed by atoms with van der Waals surface area (Å²) in [4.78, 5) is 9.05. The molecule has 0 aliphatic carbocycles. The monoisotopic (exact) mass is 492 g/mol. The van der Waals surface area contributed by atoms with Gasteiger partial charge in [-0.15, -0.1) is 0 Å². The van der Waals surface area contributed by atoms with Crippen LogP contribution in [0.15, 0.2) is 55.0 Å². The van der Waals surface area contributed by atoms with Crippen molar-refractivity contribution in [3.8, 4) is 23.3 Å². The quantitative estimate of drug-likeness (QED) is 0.388. The lowest BCUT2D eigenvalue weighted by Gasteiger charge is -2.27. The van der Waals surface area contributed by atoms with Crippen LogP contribution in [0.4, 0.5) is 0 Å². The number of hydrogen-bond donors (Lipinski definition) is 1. The number of hydrogen-bond acceptors (Lipinski definition) is 5. The van der Waals surface area contributed by atoms with E-state index in [0.29, 0.717) is 34.7 Å². The highest BCUT2D eigenvalue weighted by Crippen LogP contribution is 2.39. The van der Waals surface area contributed by atoms with Crippen LogP contribution in [0.25, 0.3) is 11.2 Å². The molecule has 0 radical (unpaired) electrons. The second kappa shape index (κ2) is 8.84. The fourth-order valence-corrected chi connectivity index (χ4v) is 4.22. The van der Waals surface area contributed by atoms with E-state index in [0.717, 1.165) is 27.9 Å². The lowest BCUT2D eigenvalue weighted by Crippen LogP contribution is -2.29. The Balaban J connectivity index is 1.34. The summed E-state index contributed by atoms with van der Waals surface area (Å²) in [6.07, 6.45) is 3.22. The van der Waals surface area contributed by atoms with E-state index in [1.165, 1.54) is 0 Å². The van der Waals surface area contributed by atoms with Crippen molar-refractivity contribution in [1.29, 1.82) is 0 Å². The van der Waals surface area contributed by atoms with Gasteiger partial charge in [0, 0.05) is 27.4 Å². The van der Waals surface area contributed by atoms with Crippen LogP contribution >= 0.6 is 23.2 Å². The van der Waals surface area contributed by atoms with Crippen LogP contribution in [0.5, 0.6) is 11.5 Å². The Bertz CT molecular complexity index is 1450. The van der Waals surface area contributed by atoms with Crippen LogP contribution in [-0.4, -0.2) is 26.7 Å². The summed E-state index contributed by atoms with van der Waals surface area (Å²) < 4.78 is 14.2. The Hall–Kier alpha value is -3.24. The molecular formula is C26H22Cl2N4O2. The van der Waals surface area contributed by atoms with Gasteiger partial charge in [-0.1, -0.05) is 47.2 Å². The normalized spacial score (nSPS) is 15.1. The van der Waals surface area contributed by atoms with Crippen molar-refractivity contribution in [3.05, 3.63) is 81.7 Å². The average molecular weight is 493 g/mol. The van der Waals surface area contributed by atoms with Crippen molar-refractivity contribution in [2.75, 3.05) is 6.61 Å². The number of fused-ring (bicyclic) bond motifs is 2. The van der Waals surface area contributed by atoms with E-state index in [1.807, 2.05) is 48.7 Å². The SMILES string of the molecule is CC(C)(N)C#Cc1cnc2c(c1)ncn2Cc1ccc2c(c1)OCC(c1ccc(Cl)cc1Cl)O2. The van der Waals surface area contributed by atoms with Crippen molar-refractivity contribution >= 4 is 34.4 Å². The van der Waals surface area contributed by atoms with Crippen molar-refractivity contribution in [2.45, 2.75) is 32.0 Å². The number of rotatable bonds is 3. The summed E-state index contributed by atoms with van der Waals surface area (Å²) in [6.45, 7) is 4.67. The molecule has 172 valence electrons. The van der Waals surface area contributed by atoms with Gasteiger partial charge in [-0.05, 0) is 49.7 Å². The largest absolute Gasteiger partial charge is 0.485 e. The lowest BCUT2D eigenvalue weighted by molar-refractivity contribution is 0.0912. The number of ether oxygens (including phenoxy) is 2. The maximum absolute atomic E-state index is 6.34. The molecule has 0 bridgehead atoms. The molecule has 8 heteroatoms. The molecule has 5 rings (SSSR count). The first-order valence-electron chi connectivity index (χ1n) is 10.8. The third-order valence-electron chi connectivity index (χ3n) is 5.31. The summed E-state index contributed by atoms with van der Waals surface area (Å²) >= 11 is 12.4. The number of nitrogens with two attached hydrogens (primary N) is 1. The molecule has 0 amide bonds. The number of benzene rings is 2. The van der Waals surface area contributed by atoms with Crippen molar-refractivity contribution < 1.29 is 9.47 Å². The fourth-order valence-electron chi connectivity index (χ4n) is 3.69. The molecule has 3 heterocycles. The van der Waals surface area contributed by atoms with Crippen LogP contribution < -0.4 is 15.2 Å². The Labute approximate surface area is 207 Å². The Morgan fingerprint density at radius 1 is 1.12 bits per heavy atom. The molecule has 1 aliphatic rings. The van der Waals surface area contributed by atoms with Gasteiger partial charge in [0.25, 0.3) is 0 Å². The Morgan fingerprint density at radius 2 is 1.97 bits per heavy atom. The molecule has 34 heavy (non-hydrogen) atoms. The minimum Gasteiger partial charge on any atom is -0.485 e. The third-order valence-corrected chi connectivity index (χ3v) is 5.88. The van der Waals surface area contributed by atoms with Crippen molar-refractivity contribution in [1.82, 2.24) is 14.5 Å². The zero-order valence-corrected chi connectivity index (χ0v) is 20.2. The summed E-state index contributed by atoms with van der Waals surface area (Å²) in [5.74, 6) is 7.44. The van der Waals surface area contributed by atoms with Crippen LogP contribution in [0.2, 0.25) is 10.0 Å². The van der Waals surface area contributed by atoms with E-state index in [9.17, 15) is 0 Å². The predicted molar refractivity (Wildman–Crippen MR) is 134 cm³/mol. The lowest BCUT2D eigenvalue weighted by atomic mass is 10.1. The molecule has 1 unspecified atom stereocenters. The van der Waals surface area contributed by atoms with Gasteiger partial charge in [0.05, 0.1) is 18.4 Å². The number of imidazole rings is 1. The molecule has 0 saturated carbocycles. The molecule has 0 saturated heterocycles. The topological polar surface area (TPSA) is 75.2 Å². The highest BCUT2D eigenvalue weighted by Gasteiger charge is 2.25. The molecule has 0 spiro atoms. The standard InChI is InChI=1S/C26H22Cl2N4O2/c1-26(2,29)8-7-16-9-21-25(30-12-16)32(15-31-21)13-17-3-6-22-23(10-17)33-14-24(34-22)19-5-4-18(27)11-20(19)28/h3-6,9-12,15,24H,13-14,29H2,1-2H3. The molecule has 2 N–H and O–H groups in total. The molecule has 2 aromatic heterocycles. The van der Waals surface area contributed by atoms with Crippen molar-refractivity contribution in [2.24, 2.45) is 5.73 Å². The first-order chi connectivity index (χ1) is 16.2. The highest BCUT2D eigenvalue weighted by atomic mass is 35.5. The first kappa shape index (κ1) is 22.5. The van der Waals surface area contributed by atoms with Crippen molar-refractivity contribution in [3.63, 3.8) is 0 Å². The second-order valence-corrected chi connectivity index (χ2v) is 9.62. The summed E-state index contributed by atoms with van der Waals surface area (Å²) in [7, 11) is 0. The number of halogens is 2. The molecule has 2 aromatic carbocycles. The van der Waals surface area contributed by atoms with E-state index in [2.05, 4.69) is 21.8 Å². The minimum atomic E-state index is -0.562. The number of nitrogens with zero attached hydrogens (tertiary/aromatic N) is 3. The average Bonchev–Trinajstić information content (AvgIpc) is 3.19. The minimum absolute atomic E-state index is 0.299. The Kier molecular flexibility index (Phi) is 5.86. The van der Waals surface area contributed by atoms with Gasteiger partial charge in [-0.25, -0.2) is 9.97 Å². The first-order valence-corrected chi connectivity index (χ1v) is 11.5. The van der Waals surface area contributed by atoms with E-state index >= 15 is 0 Å². The van der Waals surface area contributed by atoms with Gasteiger partial charge >= 0.3 is 0 Å². The zero-order valence-electron chi connectivity index (χ0n) is 18.7. The van der Waals surface area contributed by atoms with E-state index in [4.69, 9.17) is 38.4 Å². The Morgan fingerprint density at radius 3 is 2.76 bits per heavy atom. The van der Waals surface area contributed by atoms with Gasteiger partial charge in [0.15, 0.2) is 23.3 Å². The number of aromatic nitrogens is 3. The summed E-state index contributed by atoms with van der Waals surface area (Å²) in [6, 6.07) is 13.2. The summed E-state index contributed by atoms with van der Waals surface area (Å²) in [5.41, 5.74) is 9.61. The van der Waals surface area contributed by atoms with E-state index in [-0.39, 0.29) is 6.10 Å². The molecule has 1 atom stereocenters. The molecule has 1 aliphatic heterocycles. The third kappa shape index (κ3) is 4.83. The predicted octanol–water partition coefficient (Wildman–Crippen LogP) is 5.39. The maximum atomic E-state index is 6.34. The van der Waals surface area contributed by atoms with Crippen LogP contribution in [-0.2, 0) is 6.54 Å². The van der Waals surface area contributed by atoms with Gasteiger partial charge in [0.1, 0.15) is 12.1 Å². The smallest absolute Gasteiger partial charge is 0.162 e. The van der Waals surface area contributed by atoms with Gasteiger partial charge < -0.3 is 19.8 Å². The number of pyridine rings is 1. The fraction of sp³-hybridized carbons (Fsp3) is 0.231. The van der Waals surface area contributed by atoms with Gasteiger partial charge in [-0.2, -0.15) is 0 Å². The van der Waals surface area contributed by atoms with E-state index in [1.54, 1.807) is 24.7 Å². The highest BCUT2D eigenvalue weighted by molar-refractivity contribution is 6.35. The van der Waals surface area contributed by atoms with E-state index < -0.39 is 5.54 Å². The van der Waals surface area contributed by atoms with Gasteiger partial charge in [0.2, 0.25) is 0 Å². The zero-order chi connectivity index (χ0) is 23.9. The molecular weight excluding hydrogens is 471 g/mol. The summed E-state index contributed by atoms with van der Waals surface area (Å²) in [5, 5.41) is 1.14. The molecule has 6 nitrogen and oxygen atoms in total. The van der Waals surface area contributed by atoms with Crippen LogP contribution in [0, 0.1) is 11.8 Å². The maximum Gasteiger partial charge on any atom is 0.162 e. The van der Waals surface area contributed by atoms with Crippen LogP contribution in [0.1, 0.15) is 36.6 Å².